The van der Waals surface area contributed by atoms with E-state index in [2.05, 4.69) is 98.4 Å². The number of thiophene rings is 1. The van der Waals surface area contributed by atoms with Gasteiger partial charge in [-0.15, -0.1) is 11.3 Å². The van der Waals surface area contributed by atoms with Gasteiger partial charge < -0.3 is 14.9 Å². The van der Waals surface area contributed by atoms with Crippen LogP contribution in [-0.2, 0) is 25.8 Å². The molecule has 168 valence electrons. The molecule has 1 aromatic heterocycles. The van der Waals surface area contributed by atoms with Crippen LogP contribution < -0.4 is 0 Å². The first-order chi connectivity index (χ1) is 15.8. The Hall–Kier alpha value is -1.25. The van der Waals surface area contributed by atoms with E-state index in [1.165, 1.54) is 73.8 Å². The van der Waals surface area contributed by atoms with Crippen molar-refractivity contribution in [3.05, 3.63) is 164 Å². The number of rotatable bonds is 3. The largest absolute Gasteiger partial charge is 4.00 e. The fourth-order valence-electron chi connectivity index (χ4n) is 5.74. The van der Waals surface area contributed by atoms with Gasteiger partial charge in [-0.2, -0.15) is 0 Å². The molecule has 1 heterocycles. The van der Waals surface area contributed by atoms with Gasteiger partial charge in [0.05, 0.1) is 0 Å². The molecule has 10 radical (unpaired) electrons. The predicted molar refractivity (Wildman–Crippen MR) is 148 cm³/mol. The summed E-state index contributed by atoms with van der Waals surface area (Å²) in [4.78, 5) is 1.40. The average molecular weight is 635 g/mol. The van der Waals surface area contributed by atoms with Crippen molar-refractivity contribution in [2.75, 3.05) is 0 Å². The van der Waals surface area contributed by atoms with Crippen LogP contribution in [0.1, 0.15) is 30.2 Å². The quantitative estimate of drug-likeness (QED) is 0.234. The molecule has 7 rings (SSSR count). The van der Waals surface area contributed by atoms with E-state index >= 15 is 0 Å². The molecule has 0 saturated heterocycles. The molecule has 0 N–H and O–H groups in total. The Morgan fingerprint density at radius 3 is 1.97 bits per heavy atom. The maximum absolute atomic E-state index is 2.39. The standard InChI is InChI=1S/C31H22S.2CH3.Hf/c1-19-18-20-14-17-29-31(27-12-6-7-13-28(27)32-29)30(20)21(19)15-16-26-24-10-4-2-8-22(24)23-9-3-5-11-25(23)26;;;/h2-14,17-18H,15-16H2,1H3;2*1H3;/q;2*-1;+4. The monoisotopic (exact) mass is 636 g/mol. The van der Waals surface area contributed by atoms with Gasteiger partial charge >= 0.3 is 25.8 Å². The van der Waals surface area contributed by atoms with Crippen molar-refractivity contribution < 1.29 is 25.8 Å². The fourth-order valence-corrected chi connectivity index (χ4v) is 6.86. The van der Waals surface area contributed by atoms with Gasteiger partial charge in [-0.05, 0) is 60.1 Å². The average Bonchev–Trinajstić information content (AvgIpc) is 3.46. The third-order valence-electron chi connectivity index (χ3n) is 7.14. The summed E-state index contributed by atoms with van der Waals surface area (Å²) in [5.41, 5.74) is 1.45. The van der Waals surface area contributed by atoms with E-state index in [9.17, 15) is 0 Å². The minimum absolute atomic E-state index is 0. The maximum Gasteiger partial charge on any atom is 4.00 e. The Morgan fingerprint density at radius 1 is 0.686 bits per heavy atom. The second kappa shape index (κ2) is 10.6. The van der Waals surface area contributed by atoms with Gasteiger partial charge in [0, 0.05) is 45.1 Å². The van der Waals surface area contributed by atoms with Crippen LogP contribution in [0.3, 0.4) is 0 Å². The van der Waals surface area contributed by atoms with Crippen LogP contribution in [0.5, 0.6) is 0 Å². The SMILES string of the molecule is C[C]1[CH][C]2C=Cc3sc4ccccc4c3[C]2[C]1CC[C]1[C]2C=CC=C[C]2[C]2C=CC=C[C]21.[CH3-].[CH3-].[Hf+4]. The van der Waals surface area contributed by atoms with E-state index in [1.807, 2.05) is 11.3 Å². The Morgan fingerprint density at radius 2 is 1.29 bits per heavy atom. The van der Waals surface area contributed by atoms with Crippen molar-refractivity contribution in [1.29, 1.82) is 0 Å². The molecule has 2 saturated carbocycles. The zero-order valence-electron chi connectivity index (χ0n) is 20.5. The van der Waals surface area contributed by atoms with E-state index in [4.69, 9.17) is 0 Å². The summed E-state index contributed by atoms with van der Waals surface area (Å²) < 4.78 is 1.38. The molecule has 0 atom stereocenters. The van der Waals surface area contributed by atoms with E-state index < -0.39 is 0 Å². The first-order valence-electron chi connectivity index (χ1n) is 11.3. The molecule has 2 aromatic rings. The van der Waals surface area contributed by atoms with Gasteiger partial charge in [-0.1, -0.05) is 79.8 Å². The summed E-state index contributed by atoms with van der Waals surface area (Å²) in [6.07, 6.45) is 26.9. The van der Waals surface area contributed by atoms with Crippen LogP contribution in [0.2, 0.25) is 0 Å². The summed E-state index contributed by atoms with van der Waals surface area (Å²) in [5.74, 6) is 12.9. The fraction of sp³-hybridized carbons (Fsp3) is 0.0909. The van der Waals surface area contributed by atoms with E-state index in [-0.39, 0.29) is 40.7 Å². The third kappa shape index (κ3) is 4.21. The molecule has 0 aliphatic heterocycles. The second-order valence-corrected chi connectivity index (χ2v) is 9.96. The number of fused-ring (bicyclic) bond motifs is 8. The number of hydrogen-bond donors (Lipinski definition) is 0. The first kappa shape index (κ1) is 26.8. The molecule has 2 fully saturated rings. The van der Waals surface area contributed by atoms with Gasteiger partial charge in [-0.3, -0.25) is 0 Å². The van der Waals surface area contributed by atoms with E-state index in [1.54, 1.807) is 0 Å². The molecular weight excluding hydrogens is 607 g/mol. The van der Waals surface area contributed by atoms with Crippen LogP contribution in [0.25, 0.3) is 16.2 Å². The minimum atomic E-state index is 0. The van der Waals surface area contributed by atoms with Crippen LogP contribution in [0, 0.1) is 74.5 Å². The molecule has 0 bridgehead atoms. The van der Waals surface area contributed by atoms with Gasteiger partial charge in [0.25, 0.3) is 0 Å². The van der Waals surface area contributed by atoms with Crippen molar-refractivity contribution in [2.24, 2.45) is 0 Å². The summed E-state index contributed by atoms with van der Waals surface area (Å²) in [5, 5.41) is 1.40. The summed E-state index contributed by atoms with van der Waals surface area (Å²) >= 11 is 1.91. The van der Waals surface area contributed by atoms with Crippen LogP contribution in [0.15, 0.2) is 78.9 Å². The Kier molecular flexibility index (Phi) is 8.13. The Balaban J connectivity index is 0.000000963. The molecule has 1 aromatic carbocycles. The second-order valence-electron chi connectivity index (χ2n) is 8.88. The third-order valence-corrected chi connectivity index (χ3v) is 8.28. The molecule has 0 spiro atoms. The number of allylic oxidation sites excluding steroid dienone is 9. The van der Waals surface area contributed by atoms with E-state index in [0.717, 1.165) is 12.8 Å². The molecule has 35 heavy (non-hydrogen) atoms. The molecular formula is C33H28HfS+2. The molecule has 0 nitrogen and oxygen atoms in total. The smallest absolute Gasteiger partial charge is 0.358 e. The zero-order chi connectivity index (χ0) is 21.2. The number of benzene rings is 1. The first-order valence-corrected chi connectivity index (χ1v) is 12.2. The molecule has 0 amide bonds. The minimum Gasteiger partial charge on any atom is -0.358 e. The van der Waals surface area contributed by atoms with Crippen LogP contribution >= 0.6 is 11.3 Å². The summed E-state index contributed by atoms with van der Waals surface area (Å²) in [7, 11) is 0. The van der Waals surface area contributed by atoms with Crippen molar-refractivity contribution in [2.45, 2.75) is 19.8 Å². The summed E-state index contributed by atoms with van der Waals surface area (Å²) in [6.45, 7) is 2.29. The van der Waals surface area contributed by atoms with Crippen molar-refractivity contribution >= 4 is 27.5 Å². The summed E-state index contributed by atoms with van der Waals surface area (Å²) in [6, 6.07) is 8.87. The van der Waals surface area contributed by atoms with E-state index in [0.29, 0.717) is 0 Å². The van der Waals surface area contributed by atoms with Crippen molar-refractivity contribution in [1.82, 2.24) is 0 Å². The Labute approximate surface area is 235 Å². The van der Waals surface area contributed by atoms with Crippen molar-refractivity contribution in [3.8, 4) is 0 Å². The maximum atomic E-state index is 2.39. The van der Waals surface area contributed by atoms with Gasteiger partial charge in [0.15, 0.2) is 0 Å². The molecule has 2 heteroatoms. The topological polar surface area (TPSA) is 0 Å². The zero-order valence-corrected chi connectivity index (χ0v) is 24.9. The van der Waals surface area contributed by atoms with Gasteiger partial charge in [-0.25, -0.2) is 0 Å². The molecule has 5 aliphatic carbocycles. The normalized spacial score (nSPS) is 23.1. The number of hydrogen-bond acceptors (Lipinski definition) is 1. The van der Waals surface area contributed by atoms with Crippen molar-refractivity contribution in [3.63, 3.8) is 0 Å². The van der Waals surface area contributed by atoms with Gasteiger partial charge in [0.1, 0.15) is 0 Å². The molecule has 0 unspecified atom stereocenters. The Bertz CT molecular complexity index is 1160. The van der Waals surface area contributed by atoms with Gasteiger partial charge in [0.2, 0.25) is 0 Å². The van der Waals surface area contributed by atoms with Crippen LogP contribution in [0.4, 0.5) is 0 Å². The predicted octanol–water partition coefficient (Wildman–Crippen LogP) is 8.63. The van der Waals surface area contributed by atoms with Crippen LogP contribution in [-0.4, -0.2) is 0 Å². The molecule has 5 aliphatic rings.